The minimum atomic E-state index is -0.151. The molecule has 0 fully saturated rings. The van der Waals surface area contributed by atoms with Crippen LogP contribution in [0.5, 0.6) is 0 Å². The number of benzene rings is 1. The molecule has 0 atom stereocenters. The molecular formula is C13H17N5O. The lowest BCUT2D eigenvalue weighted by Gasteiger charge is -2.07. The summed E-state index contributed by atoms with van der Waals surface area (Å²) >= 11 is 0. The van der Waals surface area contributed by atoms with Gasteiger partial charge < -0.3 is 10.6 Å². The third-order valence-electron chi connectivity index (χ3n) is 2.62. The molecule has 0 aliphatic carbocycles. The summed E-state index contributed by atoms with van der Waals surface area (Å²) < 4.78 is 1.74. The smallest absolute Gasteiger partial charge is 0.315 e. The molecule has 6 nitrogen and oxygen atoms in total. The number of hydrogen-bond acceptors (Lipinski definition) is 3. The zero-order chi connectivity index (χ0) is 13.3. The molecule has 0 saturated carbocycles. The van der Waals surface area contributed by atoms with E-state index in [1.54, 1.807) is 17.1 Å². The lowest BCUT2D eigenvalue weighted by Crippen LogP contribution is -2.35. The molecule has 2 amide bonds. The third kappa shape index (κ3) is 4.79. The number of carbonyl (C=O) groups is 1. The van der Waals surface area contributed by atoms with Crippen molar-refractivity contribution >= 4 is 6.03 Å². The van der Waals surface area contributed by atoms with E-state index in [-0.39, 0.29) is 6.03 Å². The second kappa shape index (κ2) is 7.15. The van der Waals surface area contributed by atoms with E-state index >= 15 is 0 Å². The molecule has 0 aliphatic rings. The second-order valence-electron chi connectivity index (χ2n) is 4.11. The number of rotatable bonds is 6. The highest BCUT2D eigenvalue weighted by atomic mass is 16.2. The highest BCUT2D eigenvalue weighted by Crippen LogP contribution is 1.96. The molecule has 1 heterocycles. The van der Waals surface area contributed by atoms with E-state index in [1.807, 2.05) is 30.3 Å². The Labute approximate surface area is 111 Å². The Morgan fingerprint density at radius 3 is 2.79 bits per heavy atom. The van der Waals surface area contributed by atoms with Gasteiger partial charge in [-0.25, -0.2) is 4.79 Å². The van der Waals surface area contributed by atoms with Gasteiger partial charge in [-0.3, -0.25) is 4.68 Å². The molecule has 0 aliphatic heterocycles. The van der Waals surface area contributed by atoms with Crippen LogP contribution in [0.2, 0.25) is 0 Å². The predicted octanol–water partition coefficient (Wildman–Crippen LogP) is 1.17. The van der Waals surface area contributed by atoms with Crippen LogP contribution in [-0.2, 0) is 13.1 Å². The fourth-order valence-corrected chi connectivity index (χ4v) is 1.64. The third-order valence-corrected chi connectivity index (χ3v) is 2.62. The first-order chi connectivity index (χ1) is 9.34. The van der Waals surface area contributed by atoms with E-state index in [0.717, 1.165) is 18.5 Å². The Kier molecular flexibility index (Phi) is 4.92. The van der Waals surface area contributed by atoms with Crippen LogP contribution in [0.15, 0.2) is 42.7 Å². The number of nitrogens with one attached hydrogen (secondary N) is 2. The van der Waals surface area contributed by atoms with E-state index in [0.29, 0.717) is 13.1 Å². The van der Waals surface area contributed by atoms with Gasteiger partial charge in [0.2, 0.25) is 0 Å². The minimum absolute atomic E-state index is 0.151. The molecule has 0 bridgehead atoms. The van der Waals surface area contributed by atoms with Gasteiger partial charge in [-0.15, -0.1) is 5.10 Å². The van der Waals surface area contributed by atoms with Crippen LogP contribution in [0.4, 0.5) is 4.79 Å². The molecule has 0 spiro atoms. The fourth-order valence-electron chi connectivity index (χ4n) is 1.64. The maximum Gasteiger partial charge on any atom is 0.315 e. The summed E-state index contributed by atoms with van der Waals surface area (Å²) in [4.78, 5) is 11.5. The molecule has 0 radical (unpaired) electrons. The van der Waals surface area contributed by atoms with Gasteiger partial charge in [0, 0.05) is 25.8 Å². The van der Waals surface area contributed by atoms with Gasteiger partial charge in [0.15, 0.2) is 0 Å². The maximum absolute atomic E-state index is 11.5. The van der Waals surface area contributed by atoms with E-state index in [1.165, 1.54) is 0 Å². The van der Waals surface area contributed by atoms with E-state index in [2.05, 4.69) is 20.9 Å². The summed E-state index contributed by atoms with van der Waals surface area (Å²) in [5.74, 6) is 0. The topological polar surface area (TPSA) is 71.8 Å². The number of aromatic nitrogens is 3. The molecule has 2 rings (SSSR count). The average Bonchev–Trinajstić information content (AvgIpc) is 2.96. The summed E-state index contributed by atoms with van der Waals surface area (Å²) in [6.45, 7) is 1.90. The van der Waals surface area contributed by atoms with Crippen LogP contribution < -0.4 is 10.6 Å². The quantitative estimate of drug-likeness (QED) is 0.765. The van der Waals surface area contributed by atoms with Crippen molar-refractivity contribution in [3.63, 3.8) is 0 Å². The van der Waals surface area contributed by atoms with Crippen LogP contribution in [0.25, 0.3) is 0 Å². The summed E-state index contributed by atoms with van der Waals surface area (Å²) in [7, 11) is 0. The predicted molar refractivity (Wildman–Crippen MR) is 71.3 cm³/mol. The zero-order valence-corrected chi connectivity index (χ0v) is 10.6. The molecule has 0 saturated heterocycles. The summed E-state index contributed by atoms with van der Waals surface area (Å²) in [5.41, 5.74) is 1.08. The van der Waals surface area contributed by atoms with Crippen molar-refractivity contribution in [2.75, 3.05) is 6.54 Å². The Hall–Kier alpha value is -2.37. The SMILES string of the molecule is O=C(NCCCn1ccnn1)NCc1ccccc1. The van der Waals surface area contributed by atoms with Gasteiger partial charge in [0.1, 0.15) is 0 Å². The first-order valence-corrected chi connectivity index (χ1v) is 6.24. The first-order valence-electron chi connectivity index (χ1n) is 6.24. The molecule has 19 heavy (non-hydrogen) atoms. The molecule has 1 aromatic heterocycles. The van der Waals surface area contributed by atoms with Gasteiger partial charge >= 0.3 is 6.03 Å². The number of carbonyl (C=O) groups excluding carboxylic acids is 1. The summed E-state index contributed by atoms with van der Waals surface area (Å²) in [6.07, 6.45) is 4.26. The second-order valence-corrected chi connectivity index (χ2v) is 4.11. The van der Waals surface area contributed by atoms with Crippen LogP contribution in [-0.4, -0.2) is 27.6 Å². The highest BCUT2D eigenvalue weighted by Gasteiger charge is 1.99. The van der Waals surface area contributed by atoms with Gasteiger partial charge in [0.25, 0.3) is 0 Å². The van der Waals surface area contributed by atoms with Gasteiger partial charge in [-0.05, 0) is 12.0 Å². The Bertz CT molecular complexity index is 483. The Morgan fingerprint density at radius 1 is 1.21 bits per heavy atom. The first kappa shape index (κ1) is 13.1. The fraction of sp³-hybridized carbons (Fsp3) is 0.308. The van der Waals surface area contributed by atoms with Crippen LogP contribution in [0, 0.1) is 0 Å². The highest BCUT2D eigenvalue weighted by molar-refractivity contribution is 5.73. The van der Waals surface area contributed by atoms with Crippen LogP contribution in [0.3, 0.4) is 0 Å². The molecule has 2 aromatic rings. The average molecular weight is 259 g/mol. The van der Waals surface area contributed by atoms with Crippen molar-refractivity contribution in [2.24, 2.45) is 0 Å². The Morgan fingerprint density at radius 2 is 2.05 bits per heavy atom. The monoisotopic (exact) mass is 259 g/mol. The van der Waals surface area contributed by atoms with Crippen LogP contribution >= 0.6 is 0 Å². The van der Waals surface area contributed by atoms with Gasteiger partial charge in [-0.1, -0.05) is 35.5 Å². The van der Waals surface area contributed by atoms with E-state index in [4.69, 9.17) is 0 Å². The van der Waals surface area contributed by atoms with Gasteiger partial charge in [-0.2, -0.15) is 0 Å². The summed E-state index contributed by atoms with van der Waals surface area (Å²) in [5, 5.41) is 13.2. The van der Waals surface area contributed by atoms with Crippen molar-refractivity contribution in [3.8, 4) is 0 Å². The summed E-state index contributed by atoms with van der Waals surface area (Å²) in [6, 6.07) is 9.66. The lowest BCUT2D eigenvalue weighted by atomic mass is 10.2. The largest absolute Gasteiger partial charge is 0.338 e. The van der Waals surface area contributed by atoms with Crippen molar-refractivity contribution in [1.29, 1.82) is 0 Å². The molecule has 100 valence electrons. The normalized spacial score (nSPS) is 10.1. The van der Waals surface area contributed by atoms with Crippen molar-refractivity contribution in [3.05, 3.63) is 48.3 Å². The number of hydrogen-bond donors (Lipinski definition) is 2. The molecule has 6 heteroatoms. The van der Waals surface area contributed by atoms with Crippen LogP contribution in [0.1, 0.15) is 12.0 Å². The molecule has 2 N–H and O–H groups in total. The van der Waals surface area contributed by atoms with E-state index < -0.39 is 0 Å². The molecular weight excluding hydrogens is 242 g/mol. The van der Waals surface area contributed by atoms with Gasteiger partial charge in [0.05, 0.1) is 6.20 Å². The maximum atomic E-state index is 11.5. The number of urea groups is 1. The standard InChI is InChI=1S/C13H17N5O/c19-13(15-11-12-5-2-1-3-6-12)14-7-4-9-18-10-8-16-17-18/h1-3,5-6,8,10H,4,7,9,11H2,(H2,14,15,19). The van der Waals surface area contributed by atoms with Crippen molar-refractivity contribution in [1.82, 2.24) is 25.6 Å². The number of amides is 2. The number of aryl methyl sites for hydroxylation is 1. The minimum Gasteiger partial charge on any atom is -0.338 e. The molecule has 1 aromatic carbocycles. The molecule has 0 unspecified atom stereocenters. The number of nitrogens with zero attached hydrogens (tertiary/aromatic N) is 3. The van der Waals surface area contributed by atoms with E-state index in [9.17, 15) is 4.79 Å². The van der Waals surface area contributed by atoms with Crippen molar-refractivity contribution in [2.45, 2.75) is 19.5 Å². The lowest BCUT2D eigenvalue weighted by molar-refractivity contribution is 0.240. The zero-order valence-electron chi connectivity index (χ0n) is 10.6. The van der Waals surface area contributed by atoms with Crippen molar-refractivity contribution < 1.29 is 4.79 Å². The Balaban J connectivity index is 1.57.